The number of carboxylic acids is 1. The summed E-state index contributed by atoms with van der Waals surface area (Å²) < 4.78 is 16.1. The molecule has 0 aliphatic carbocycles. The Bertz CT molecular complexity index is 1330. The molecule has 0 radical (unpaired) electrons. The van der Waals surface area contributed by atoms with Crippen LogP contribution in [0.25, 0.3) is 22.3 Å². The van der Waals surface area contributed by atoms with E-state index in [4.69, 9.17) is 13.9 Å². The molecule has 7 N–H and O–H groups in total. The lowest BCUT2D eigenvalue weighted by Crippen LogP contribution is -2.57. The monoisotopic (exact) mass is 476 g/mol. The third-order valence-corrected chi connectivity index (χ3v) is 5.59. The molecule has 180 valence electrons. The van der Waals surface area contributed by atoms with Crippen LogP contribution in [-0.2, 0) is 9.53 Å². The molecule has 3 aromatic rings. The van der Waals surface area contributed by atoms with Gasteiger partial charge in [-0.2, -0.15) is 0 Å². The maximum Gasteiger partial charge on any atom is 0.335 e. The molecule has 1 fully saturated rings. The van der Waals surface area contributed by atoms with Gasteiger partial charge >= 0.3 is 5.97 Å². The van der Waals surface area contributed by atoms with Gasteiger partial charge in [0.15, 0.2) is 23.4 Å². The van der Waals surface area contributed by atoms with Crippen LogP contribution in [0.5, 0.6) is 28.7 Å². The van der Waals surface area contributed by atoms with Crippen LogP contribution in [-0.4, -0.2) is 66.3 Å². The van der Waals surface area contributed by atoms with E-state index in [1.54, 1.807) is 0 Å². The van der Waals surface area contributed by atoms with Gasteiger partial charge in [0.25, 0.3) is 0 Å². The van der Waals surface area contributed by atoms with Crippen LogP contribution in [0.3, 0.4) is 0 Å². The Kier molecular flexibility index (Phi) is 5.73. The summed E-state index contributed by atoms with van der Waals surface area (Å²) in [5, 5.41) is 69.5. The predicted octanol–water partition coefficient (Wildman–Crippen LogP) is 0.829. The second-order valence-corrected chi connectivity index (χ2v) is 7.85. The summed E-state index contributed by atoms with van der Waals surface area (Å²) in [5.41, 5.74) is -1.20. The van der Waals surface area contributed by atoms with Gasteiger partial charge in [-0.15, -0.1) is 0 Å². The molecule has 1 aromatic heterocycles. The van der Waals surface area contributed by atoms with Crippen molar-refractivity contribution in [1.82, 2.24) is 0 Å². The lowest BCUT2D eigenvalue weighted by Gasteiger charge is -2.39. The number of fused-ring (bicyclic) bond motifs is 1. The minimum absolute atomic E-state index is 0.0142. The number of benzene rings is 2. The molecule has 12 heteroatoms. The van der Waals surface area contributed by atoms with E-state index in [0.717, 1.165) is 24.3 Å². The van der Waals surface area contributed by atoms with E-state index in [0.29, 0.717) is 0 Å². The number of carboxylic acid groups (broad SMARTS) is 1. The molecule has 4 rings (SSSR count). The Labute approximate surface area is 190 Å². The molecule has 34 heavy (non-hydrogen) atoms. The van der Waals surface area contributed by atoms with Crippen LogP contribution in [0.15, 0.2) is 39.5 Å². The SMILES string of the molecule is C[C@H]1[C@H](O)[C@@H](C(=O)O)OC(Oc2cc(-c3oc4cc(O)cc(O)c4c(=O)c3O)ccc2O)[C@@H]1O. The molecule has 5 atom stereocenters. The third kappa shape index (κ3) is 3.83. The Balaban J connectivity index is 1.75. The van der Waals surface area contributed by atoms with E-state index >= 15 is 0 Å². The summed E-state index contributed by atoms with van der Waals surface area (Å²) in [5.74, 6) is -5.47. The molecule has 0 spiro atoms. The molecule has 0 saturated carbocycles. The van der Waals surface area contributed by atoms with Crippen molar-refractivity contribution >= 4 is 16.9 Å². The normalized spacial score (nSPS) is 24.7. The van der Waals surface area contributed by atoms with Crippen molar-refractivity contribution in [2.75, 3.05) is 0 Å². The Morgan fingerprint density at radius 1 is 1.00 bits per heavy atom. The third-order valence-electron chi connectivity index (χ3n) is 5.59. The highest BCUT2D eigenvalue weighted by molar-refractivity contribution is 5.88. The van der Waals surface area contributed by atoms with E-state index < -0.39 is 64.9 Å². The average Bonchev–Trinajstić information content (AvgIpc) is 2.77. The van der Waals surface area contributed by atoms with Crippen LogP contribution in [0, 0.1) is 5.92 Å². The van der Waals surface area contributed by atoms with E-state index in [2.05, 4.69) is 0 Å². The van der Waals surface area contributed by atoms with Crippen molar-refractivity contribution in [1.29, 1.82) is 0 Å². The summed E-state index contributed by atoms with van der Waals surface area (Å²) in [6.45, 7) is 1.40. The molecular weight excluding hydrogens is 456 g/mol. The Morgan fingerprint density at radius 2 is 1.71 bits per heavy atom. The van der Waals surface area contributed by atoms with E-state index in [9.17, 15) is 45.3 Å². The number of aliphatic hydroxyl groups excluding tert-OH is 2. The first kappa shape index (κ1) is 23.2. The molecular formula is C22H20O12. The highest BCUT2D eigenvalue weighted by atomic mass is 16.7. The zero-order chi connectivity index (χ0) is 24.9. The number of aromatic hydroxyl groups is 4. The summed E-state index contributed by atoms with van der Waals surface area (Å²) in [7, 11) is 0. The van der Waals surface area contributed by atoms with Crippen molar-refractivity contribution < 1.29 is 54.4 Å². The fourth-order valence-electron chi connectivity index (χ4n) is 3.68. The number of aliphatic carboxylic acids is 1. The molecule has 1 aliphatic rings. The van der Waals surface area contributed by atoms with Gasteiger partial charge in [-0.05, 0) is 18.2 Å². The van der Waals surface area contributed by atoms with Gasteiger partial charge in [-0.1, -0.05) is 6.92 Å². The van der Waals surface area contributed by atoms with Gasteiger partial charge in [0, 0.05) is 23.6 Å². The zero-order valence-corrected chi connectivity index (χ0v) is 17.4. The molecule has 1 saturated heterocycles. The predicted molar refractivity (Wildman–Crippen MR) is 113 cm³/mol. The number of phenols is 3. The minimum atomic E-state index is -1.70. The standard InChI is InChI=1S/C22H20O12/c1-7-15(26)20(21(30)31)34-22(16(7)27)33-12-4-8(2-3-10(12)24)19-18(29)17(28)14-11(25)5-9(23)6-13(14)32-19/h2-7,15-16,20,22-27,29H,1H3,(H,30,31)/t7-,15-,16+,20-,22?/m0/s1. The maximum atomic E-state index is 12.6. The molecule has 1 aliphatic heterocycles. The second kappa shape index (κ2) is 8.41. The van der Waals surface area contributed by atoms with Crippen LogP contribution in [0.4, 0.5) is 0 Å². The molecule has 1 unspecified atom stereocenters. The van der Waals surface area contributed by atoms with Gasteiger partial charge < -0.3 is 49.6 Å². The summed E-state index contributed by atoms with van der Waals surface area (Å²) >= 11 is 0. The van der Waals surface area contributed by atoms with E-state index in [1.807, 2.05) is 0 Å². The summed E-state index contributed by atoms with van der Waals surface area (Å²) in [6.07, 6.45) is -6.26. The van der Waals surface area contributed by atoms with Crippen LogP contribution in [0.1, 0.15) is 6.92 Å². The number of phenolic OH excluding ortho intramolecular Hbond substituents is 3. The number of hydrogen-bond donors (Lipinski definition) is 7. The Hall–Kier alpha value is -4.00. The van der Waals surface area contributed by atoms with Crippen molar-refractivity contribution in [2.24, 2.45) is 5.92 Å². The number of hydrogen-bond acceptors (Lipinski definition) is 11. The smallest absolute Gasteiger partial charge is 0.335 e. The Morgan fingerprint density at radius 3 is 2.38 bits per heavy atom. The molecule has 0 bridgehead atoms. The van der Waals surface area contributed by atoms with Crippen LogP contribution in [0.2, 0.25) is 0 Å². The highest BCUT2D eigenvalue weighted by Crippen LogP contribution is 2.39. The van der Waals surface area contributed by atoms with Gasteiger partial charge in [0.2, 0.25) is 17.5 Å². The van der Waals surface area contributed by atoms with Crippen molar-refractivity contribution in [2.45, 2.75) is 31.5 Å². The topological polar surface area (TPSA) is 207 Å². The molecule has 12 nitrogen and oxygen atoms in total. The minimum Gasteiger partial charge on any atom is -0.508 e. The van der Waals surface area contributed by atoms with Gasteiger partial charge in [0.05, 0.1) is 6.10 Å². The van der Waals surface area contributed by atoms with E-state index in [-0.39, 0.29) is 28.0 Å². The maximum absolute atomic E-state index is 12.6. The number of rotatable bonds is 4. The number of aliphatic hydroxyl groups is 2. The zero-order valence-electron chi connectivity index (χ0n) is 17.4. The number of carbonyl (C=O) groups is 1. The van der Waals surface area contributed by atoms with E-state index in [1.165, 1.54) is 13.0 Å². The fraction of sp³-hybridized carbons (Fsp3) is 0.273. The molecule has 2 heterocycles. The largest absolute Gasteiger partial charge is 0.508 e. The average molecular weight is 476 g/mol. The quantitative estimate of drug-likeness (QED) is 0.279. The van der Waals surface area contributed by atoms with Crippen molar-refractivity contribution in [3.05, 3.63) is 40.6 Å². The molecule has 0 amide bonds. The van der Waals surface area contributed by atoms with Crippen molar-refractivity contribution in [3.8, 4) is 40.1 Å². The van der Waals surface area contributed by atoms with Crippen LogP contribution < -0.4 is 10.2 Å². The first-order chi connectivity index (χ1) is 16.0. The number of ether oxygens (including phenoxy) is 2. The van der Waals surface area contributed by atoms with Crippen molar-refractivity contribution in [3.63, 3.8) is 0 Å². The highest BCUT2D eigenvalue weighted by Gasteiger charge is 2.46. The van der Waals surface area contributed by atoms with Crippen LogP contribution >= 0.6 is 0 Å². The first-order valence-corrected chi connectivity index (χ1v) is 9.95. The van der Waals surface area contributed by atoms with Gasteiger partial charge in [-0.25, -0.2) is 4.79 Å². The molecule has 2 aromatic carbocycles. The first-order valence-electron chi connectivity index (χ1n) is 9.95. The summed E-state index contributed by atoms with van der Waals surface area (Å²) in [4.78, 5) is 23.9. The van der Waals surface area contributed by atoms with Gasteiger partial charge in [-0.3, -0.25) is 4.79 Å². The summed E-state index contributed by atoms with van der Waals surface area (Å²) in [6, 6.07) is 5.48. The lowest BCUT2D eigenvalue weighted by molar-refractivity contribution is -0.255. The lowest BCUT2D eigenvalue weighted by atomic mass is 9.90. The second-order valence-electron chi connectivity index (χ2n) is 7.85. The fourth-order valence-corrected chi connectivity index (χ4v) is 3.68. The van der Waals surface area contributed by atoms with Gasteiger partial charge in [0.1, 0.15) is 28.6 Å².